The smallest absolute Gasteiger partial charge is 0.221 e. The van der Waals surface area contributed by atoms with Gasteiger partial charge in [0.15, 0.2) is 11.5 Å². The minimum Gasteiger partial charge on any atom is -0.493 e. The number of carbonyl (C=O) groups is 1. The van der Waals surface area contributed by atoms with Crippen molar-refractivity contribution in [2.45, 2.75) is 19.8 Å². The number of anilines is 1. The molecule has 0 fully saturated rings. The average molecular weight is 519 g/mol. The summed E-state index contributed by atoms with van der Waals surface area (Å²) in [6, 6.07) is 29.7. The summed E-state index contributed by atoms with van der Waals surface area (Å²) in [7, 11) is 3.24. The number of aryl methyl sites for hydroxylation is 1. The zero-order valence-corrected chi connectivity index (χ0v) is 22.4. The summed E-state index contributed by atoms with van der Waals surface area (Å²) in [5.41, 5.74) is 6.66. The first-order valence-electron chi connectivity index (χ1n) is 12.7. The van der Waals surface area contributed by atoms with Gasteiger partial charge in [-0.2, -0.15) is 0 Å². The summed E-state index contributed by atoms with van der Waals surface area (Å²) in [6.07, 6.45) is 1.88. The number of aliphatic imine (C=N–C) groups is 1. The van der Waals surface area contributed by atoms with Crippen LogP contribution in [0.3, 0.4) is 0 Å². The van der Waals surface area contributed by atoms with E-state index in [4.69, 9.17) is 19.2 Å². The molecule has 0 spiro atoms. The quantitative estimate of drug-likeness (QED) is 0.261. The molecule has 6 heteroatoms. The third-order valence-electron chi connectivity index (χ3n) is 6.70. The zero-order chi connectivity index (χ0) is 27.4. The molecule has 0 aliphatic carbocycles. The second kappa shape index (κ2) is 11.3. The fraction of sp³-hybridized carbons (Fsp3) is 0.152. The molecule has 0 radical (unpaired) electrons. The number of rotatable bonds is 7. The first-order valence-corrected chi connectivity index (χ1v) is 12.7. The van der Waals surface area contributed by atoms with Crippen molar-refractivity contribution in [2.24, 2.45) is 4.99 Å². The molecule has 0 aromatic heterocycles. The molecular weight excluding hydrogens is 488 g/mol. The first kappa shape index (κ1) is 25.8. The number of amides is 1. The van der Waals surface area contributed by atoms with Crippen molar-refractivity contribution in [3.8, 4) is 17.2 Å². The van der Waals surface area contributed by atoms with E-state index in [0.29, 0.717) is 17.3 Å². The standard InChI is InChI=1S/C33H30N2O4/c1-21-9-5-6-10-26(21)32-27-11-7-8-12-29(27)39-33(23-13-18-30(37-3)31(19-23)38-4)28(32)20-34-24-14-16-25(17-15-24)35-22(2)36/h5-20,32H,1-4H3,(H,35,36)/t32-/m0/s1. The molecule has 0 saturated heterocycles. The lowest BCUT2D eigenvalue weighted by atomic mass is 9.80. The number of para-hydroxylation sites is 1. The lowest BCUT2D eigenvalue weighted by molar-refractivity contribution is -0.114. The molecule has 196 valence electrons. The summed E-state index contributed by atoms with van der Waals surface area (Å²) >= 11 is 0. The van der Waals surface area contributed by atoms with Crippen LogP contribution >= 0.6 is 0 Å². The van der Waals surface area contributed by atoms with Crippen molar-refractivity contribution >= 4 is 29.3 Å². The van der Waals surface area contributed by atoms with Crippen molar-refractivity contribution < 1.29 is 19.0 Å². The number of nitrogens with one attached hydrogen (secondary N) is 1. The van der Waals surface area contributed by atoms with E-state index >= 15 is 0 Å². The number of nitrogens with zero attached hydrogens (tertiary/aromatic N) is 1. The minimum atomic E-state index is -0.116. The molecule has 1 N–H and O–H groups in total. The number of hydrogen-bond donors (Lipinski definition) is 1. The average Bonchev–Trinajstić information content (AvgIpc) is 2.96. The lowest BCUT2D eigenvalue weighted by Gasteiger charge is -2.31. The summed E-state index contributed by atoms with van der Waals surface area (Å²) in [4.78, 5) is 16.3. The maximum Gasteiger partial charge on any atom is 0.221 e. The molecule has 5 rings (SSSR count). The highest BCUT2D eigenvalue weighted by molar-refractivity contribution is 5.95. The number of benzene rings is 4. The number of ether oxygens (including phenoxy) is 3. The highest BCUT2D eigenvalue weighted by Gasteiger charge is 2.32. The second-order valence-electron chi connectivity index (χ2n) is 9.27. The van der Waals surface area contributed by atoms with E-state index < -0.39 is 0 Å². The Kier molecular flexibility index (Phi) is 7.46. The predicted molar refractivity (Wildman–Crippen MR) is 155 cm³/mol. The van der Waals surface area contributed by atoms with Gasteiger partial charge in [0.05, 0.1) is 19.9 Å². The van der Waals surface area contributed by atoms with E-state index in [-0.39, 0.29) is 11.8 Å². The van der Waals surface area contributed by atoms with E-state index in [2.05, 4.69) is 36.5 Å². The number of allylic oxidation sites excluding steroid dienone is 1. The summed E-state index contributed by atoms with van der Waals surface area (Å²) < 4.78 is 17.7. The highest BCUT2D eigenvalue weighted by Crippen LogP contribution is 2.46. The van der Waals surface area contributed by atoms with Gasteiger partial charge in [-0.25, -0.2) is 0 Å². The Morgan fingerprint density at radius 2 is 1.56 bits per heavy atom. The fourth-order valence-corrected chi connectivity index (χ4v) is 4.84. The second-order valence-corrected chi connectivity index (χ2v) is 9.27. The van der Waals surface area contributed by atoms with Crippen molar-refractivity contribution in [1.82, 2.24) is 0 Å². The Hall–Kier alpha value is -4.84. The van der Waals surface area contributed by atoms with E-state index in [9.17, 15) is 4.79 Å². The van der Waals surface area contributed by atoms with Gasteiger partial charge in [-0.3, -0.25) is 9.79 Å². The third kappa shape index (κ3) is 5.41. The molecular formula is C33H30N2O4. The highest BCUT2D eigenvalue weighted by atomic mass is 16.5. The van der Waals surface area contributed by atoms with Crippen molar-refractivity contribution in [2.75, 3.05) is 19.5 Å². The van der Waals surface area contributed by atoms with Crippen LogP contribution in [0.2, 0.25) is 0 Å². The normalized spacial score (nSPS) is 14.5. The van der Waals surface area contributed by atoms with Gasteiger partial charge in [-0.15, -0.1) is 0 Å². The molecule has 1 aliphatic rings. The molecule has 4 aromatic carbocycles. The number of fused-ring (bicyclic) bond motifs is 1. The Labute approximate surface area is 228 Å². The van der Waals surface area contributed by atoms with Gasteiger partial charge in [-0.05, 0) is 66.6 Å². The Balaban J connectivity index is 1.69. The molecule has 1 atom stereocenters. The van der Waals surface area contributed by atoms with E-state index in [1.807, 2.05) is 72.9 Å². The van der Waals surface area contributed by atoms with Crippen molar-refractivity contribution in [1.29, 1.82) is 0 Å². The number of carbonyl (C=O) groups excluding carboxylic acids is 1. The largest absolute Gasteiger partial charge is 0.493 e. The molecule has 0 saturated carbocycles. The SMILES string of the molecule is COc1ccc(C2=C(C=Nc3ccc(NC(C)=O)cc3)[C@@H](c3ccccc3C)c3ccccc3O2)cc1OC. The molecule has 0 bridgehead atoms. The predicted octanol–water partition coefficient (Wildman–Crippen LogP) is 7.31. The lowest BCUT2D eigenvalue weighted by Crippen LogP contribution is -2.18. The monoisotopic (exact) mass is 518 g/mol. The van der Waals surface area contributed by atoms with Crippen LogP contribution in [0.1, 0.15) is 35.1 Å². The van der Waals surface area contributed by atoms with Gasteiger partial charge < -0.3 is 19.5 Å². The molecule has 1 amide bonds. The number of hydrogen-bond acceptors (Lipinski definition) is 5. The van der Waals surface area contributed by atoms with Crippen LogP contribution < -0.4 is 19.5 Å². The molecule has 6 nitrogen and oxygen atoms in total. The zero-order valence-electron chi connectivity index (χ0n) is 22.4. The maximum absolute atomic E-state index is 11.4. The van der Waals surface area contributed by atoms with Crippen molar-refractivity contribution in [3.05, 3.63) is 119 Å². The fourth-order valence-electron chi connectivity index (χ4n) is 4.84. The van der Waals surface area contributed by atoms with E-state index in [0.717, 1.165) is 33.8 Å². The first-order chi connectivity index (χ1) is 19.0. The van der Waals surface area contributed by atoms with E-state index in [1.165, 1.54) is 18.1 Å². The minimum absolute atomic E-state index is 0.110. The van der Waals surface area contributed by atoms with Crippen LogP contribution in [0.25, 0.3) is 5.76 Å². The van der Waals surface area contributed by atoms with Crippen molar-refractivity contribution in [3.63, 3.8) is 0 Å². The van der Waals surface area contributed by atoms with Crippen LogP contribution in [-0.4, -0.2) is 26.3 Å². The Morgan fingerprint density at radius 3 is 2.26 bits per heavy atom. The topological polar surface area (TPSA) is 69.2 Å². The van der Waals surface area contributed by atoms with Crippen LogP contribution in [0.4, 0.5) is 11.4 Å². The molecule has 1 aliphatic heterocycles. The van der Waals surface area contributed by atoms with Crippen LogP contribution in [0.15, 0.2) is 102 Å². The van der Waals surface area contributed by atoms with Crippen LogP contribution in [-0.2, 0) is 4.79 Å². The molecule has 4 aromatic rings. The number of methoxy groups -OCH3 is 2. The van der Waals surface area contributed by atoms with Gasteiger partial charge in [0.25, 0.3) is 0 Å². The molecule has 1 heterocycles. The van der Waals surface area contributed by atoms with Gasteiger partial charge in [0, 0.05) is 41.4 Å². The van der Waals surface area contributed by atoms with Gasteiger partial charge in [-0.1, -0.05) is 42.5 Å². The van der Waals surface area contributed by atoms with Gasteiger partial charge in [0.2, 0.25) is 5.91 Å². The Bertz CT molecular complexity index is 1570. The molecule has 39 heavy (non-hydrogen) atoms. The van der Waals surface area contributed by atoms with Crippen LogP contribution in [0.5, 0.6) is 17.2 Å². The maximum atomic E-state index is 11.4. The van der Waals surface area contributed by atoms with Crippen LogP contribution in [0, 0.1) is 6.92 Å². The molecule has 0 unspecified atom stereocenters. The summed E-state index contributed by atoms with van der Waals surface area (Å²) in [5, 5.41) is 2.79. The third-order valence-corrected chi connectivity index (χ3v) is 6.70. The summed E-state index contributed by atoms with van der Waals surface area (Å²) in [5.74, 6) is 2.52. The van der Waals surface area contributed by atoms with Gasteiger partial charge >= 0.3 is 0 Å². The van der Waals surface area contributed by atoms with Gasteiger partial charge in [0.1, 0.15) is 11.5 Å². The van der Waals surface area contributed by atoms with E-state index in [1.54, 1.807) is 14.2 Å². The Morgan fingerprint density at radius 1 is 0.872 bits per heavy atom. The summed E-state index contributed by atoms with van der Waals surface area (Å²) in [6.45, 7) is 3.61.